The number of non-ortho nitro benzene ring substituents is 1. The van der Waals surface area contributed by atoms with E-state index in [0.29, 0.717) is 22.6 Å². The zero-order valence-corrected chi connectivity index (χ0v) is 17.4. The molecule has 0 atom stereocenters. The molecule has 0 aliphatic rings. The van der Waals surface area contributed by atoms with Crippen molar-refractivity contribution >= 4 is 28.9 Å². The number of nitrogens with one attached hydrogen (secondary N) is 1. The van der Waals surface area contributed by atoms with Gasteiger partial charge in [-0.2, -0.15) is 5.26 Å². The van der Waals surface area contributed by atoms with Gasteiger partial charge in [0.25, 0.3) is 11.6 Å². The Morgan fingerprint density at radius 2 is 1.91 bits per heavy atom. The Morgan fingerprint density at radius 3 is 2.58 bits per heavy atom. The van der Waals surface area contributed by atoms with E-state index < -0.39 is 16.6 Å². The van der Waals surface area contributed by atoms with Crippen molar-refractivity contribution in [3.63, 3.8) is 0 Å². The number of hydrogen-bond acceptors (Lipinski definition) is 6. The van der Waals surface area contributed by atoms with Crippen molar-refractivity contribution in [3.8, 4) is 17.6 Å². The van der Waals surface area contributed by atoms with Crippen LogP contribution in [0.4, 0.5) is 15.8 Å². The minimum Gasteiger partial charge on any atom is -0.493 e. The largest absolute Gasteiger partial charge is 0.493 e. The lowest BCUT2D eigenvalue weighted by Crippen LogP contribution is -2.20. The SMILES string of the molecule is COc1cccc(/C=C(/C#N)c2cccc([N+](=O)[O-])c2)c1OCC(=O)Nc1ccc(F)cc1. The Labute approximate surface area is 188 Å². The number of anilines is 1. The second-order valence-electron chi connectivity index (χ2n) is 6.70. The van der Waals surface area contributed by atoms with Crippen LogP contribution < -0.4 is 14.8 Å². The molecule has 0 aliphatic heterocycles. The number of nitro benzene ring substituents is 1. The number of ether oxygens (including phenoxy) is 2. The van der Waals surface area contributed by atoms with Gasteiger partial charge in [0.1, 0.15) is 5.82 Å². The average molecular weight is 447 g/mol. The van der Waals surface area contributed by atoms with Crippen LogP contribution in [0.1, 0.15) is 11.1 Å². The smallest absolute Gasteiger partial charge is 0.270 e. The lowest BCUT2D eigenvalue weighted by Gasteiger charge is -2.14. The summed E-state index contributed by atoms with van der Waals surface area (Å²) in [6.07, 6.45) is 1.49. The van der Waals surface area contributed by atoms with Crippen LogP contribution in [0.15, 0.2) is 66.7 Å². The maximum absolute atomic E-state index is 13.0. The molecule has 1 amide bonds. The van der Waals surface area contributed by atoms with Crippen LogP contribution in [0.3, 0.4) is 0 Å². The monoisotopic (exact) mass is 447 g/mol. The number of benzene rings is 3. The fourth-order valence-corrected chi connectivity index (χ4v) is 2.95. The van der Waals surface area contributed by atoms with Gasteiger partial charge in [0.15, 0.2) is 18.1 Å². The van der Waals surface area contributed by atoms with E-state index in [9.17, 15) is 24.6 Å². The Morgan fingerprint density at radius 1 is 1.18 bits per heavy atom. The van der Waals surface area contributed by atoms with Gasteiger partial charge in [0.05, 0.1) is 23.7 Å². The minimum absolute atomic E-state index is 0.145. The highest BCUT2D eigenvalue weighted by Gasteiger charge is 2.14. The van der Waals surface area contributed by atoms with E-state index in [-0.39, 0.29) is 23.6 Å². The van der Waals surface area contributed by atoms with Crippen LogP contribution in [-0.2, 0) is 4.79 Å². The summed E-state index contributed by atoms with van der Waals surface area (Å²) in [4.78, 5) is 22.8. The number of nitro groups is 1. The predicted octanol–water partition coefficient (Wildman–Crippen LogP) is 4.82. The van der Waals surface area contributed by atoms with Gasteiger partial charge in [-0.1, -0.05) is 24.3 Å². The lowest BCUT2D eigenvalue weighted by atomic mass is 10.0. The summed E-state index contributed by atoms with van der Waals surface area (Å²) in [5.41, 5.74) is 1.21. The number of nitrogens with zero attached hydrogens (tertiary/aromatic N) is 2. The molecule has 0 heterocycles. The van der Waals surface area contributed by atoms with Crippen LogP contribution in [0.2, 0.25) is 0 Å². The van der Waals surface area contributed by atoms with E-state index in [1.54, 1.807) is 24.3 Å². The maximum atomic E-state index is 13.0. The van der Waals surface area contributed by atoms with Crippen molar-refractivity contribution in [2.24, 2.45) is 0 Å². The number of rotatable bonds is 8. The first kappa shape index (κ1) is 23.0. The van der Waals surface area contributed by atoms with Crippen molar-refractivity contribution in [1.82, 2.24) is 0 Å². The van der Waals surface area contributed by atoms with Gasteiger partial charge in [-0.15, -0.1) is 0 Å². The van der Waals surface area contributed by atoms with Gasteiger partial charge in [-0.3, -0.25) is 14.9 Å². The average Bonchev–Trinajstić information content (AvgIpc) is 2.82. The Bertz CT molecular complexity index is 1250. The number of allylic oxidation sites excluding steroid dienone is 1. The predicted molar refractivity (Wildman–Crippen MR) is 120 cm³/mol. The third kappa shape index (κ3) is 5.92. The van der Waals surface area contributed by atoms with E-state index in [0.717, 1.165) is 0 Å². The number of para-hydroxylation sites is 1. The van der Waals surface area contributed by atoms with Gasteiger partial charge >= 0.3 is 0 Å². The molecule has 0 saturated heterocycles. The van der Waals surface area contributed by atoms with Gasteiger partial charge in [-0.25, -0.2) is 4.39 Å². The van der Waals surface area contributed by atoms with E-state index in [4.69, 9.17) is 9.47 Å². The Balaban J connectivity index is 1.86. The number of methoxy groups -OCH3 is 1. The summed E-state index contributed by atoms with van der Waals surface area (Å²) in [5, 5.41) is 23.3. The molecule has 3 aromatic carbocycles. The molecule has 0 bridgehead atoms. The summed E-state index contributed by atoms with van der Waals surface area (Å²) in [7, 11) is 1.43. The molecule has 0 unspecified atom stereocenters. The molecule has 166 valence electrons. The number of halogens is 1. The summed E-state index contributed by atoms with van der Waals surface area (Å²) < 4.78 is 24.0. The fraction of sp³-hybridized carbons (Fsp3) is 0.0833. The van der Waals surface area contributed by atoms with E-state index in [1.807, 2.05) is 6.07 Å². The number of carbonyl (C=O) groups excluding carboxylic acids is 1. The first-order valence-electron chi connectivity index (χ1n) is 9.63. The van der Waals surface area contributed by atoms with Crippen molar-refractivity contribution in [3.05, 3.63) is 93.8 Å². The molecule has 0 aliphatic carbocycles. The number of hydrogen-bond donors (Lipinski definition) is 1. The van der Waals surface area contributed by atoms with Gasteiger partial charge < -0.3 is 14.8 Å². The molecule has 3 aromatic rings. The Kier molecular flexibility index (Phi) is 7.34. The van der Waals surface area contributed by atoms with Crippen LogP contribution in [0.5, 0.6) is 11.5 Å². The second-order valence-corrected chi connectivity index (χ2v) is 6.70. The summed E-state index contributed by atoms with van der Waals surface area (Å²) in [6, 6.07) is 18.0. The molecule has 9 heteroatoms. The third-order valence-corrected chi connectivity index (χ3v) is 4.49. The highest BCUT2D eigenvalue weighted by Crippen LogP contribution is 2.34. The van der Waals surface area contributed by atoms with Crippen LogP contribution >= 0.6 is 0 Å². The van der Waals surface area contributed by atoms with Crippen LogP contribution in [0, 0.1) is 27.3 Å². The summed E-state index contributed by atoms with van der Waals surface area (Å²) in [5.74, 6) is -0.365. The third-order valence-electron chi connectivity index (χ3n) is 4.49. The topological polar surface area (TPSA) is 114 Å². The number of amides is 1. The fourth-order valence-electron chi connectivity index (χ4n) is 2.95. The summed E-state index contributed by atoms with van der Waals surface area (Å²) in [6.45, 7) is -0.378. The van der Waals surface area contributed by atoms with Crippen LogP contribution in [0.25, 0.3) is 11.6 Å². The second kappa shape index (κ2) is 10.5. The van der Waals surface area contributed by atoms with Crippen molar-refractivity contribution in [1.29, 1.82) is 5.26 Å². The van der Waals surface area contributed by atoms with E-state index >= 15 is 0 Å². The minimum atomic E-state index is -0.543. The molecule has 0 radical (unpaired) electrons. The van der Waals surface area contributed by atoms with Gasteiger partial charge in [0.2, 0.25) is 0 Å². The molecular weight excluding hydrogens is 429 g/mol. The standard InChI is InChI=1S/C24H18FN3O5/c1-32-22-7-3-5-17(12-18(14-26)16-4-2-6-21(13-16)28(30)31)24(22)33-15-23(29)27-20-10-8-19(25)9-11-20/h2-13H,15H2,1H3,(H,27,29)/b18-12-. The molecule has 3 rings (SSSR count). The molecule has 0 aromatic heterocycles. The molecule has 0 fully saturated rings. The molecule has 1 N–H and O–H groups in total. The summed E-state index contributed by atoms with van der Waals surface area (Å²) >= 11 is 0. The van der Waals surface area contributed by atoms with Gasteiger partial charge in [0, 0.05) is 23.4 Å². The lowest BCUT2D eigenvalue weighted by molar-refractivity contribution is -0.384. The zero-order valence-electron chi connectivity index (χ0n) is 17.4. The highest BCUT2D eigenvalue weighted by atomic mass is 19.1. The molecule has 0 saturated carbocycles. The van der Waals surface area contributed by atoms with Gasteiger partial charge in [-0.05, 0) is 42.0 Å². The molecule has 33 heavy (non-hydrogen) atoms. The molecule has 0 spiro atoms. The van der Waals surface area contributed by atoms with Crippen molar-refractivity contribution < 1.29 is 23.6 Å². The van der Waals surface area contributed by atoms with Crippen molar-refractivity contribution in [2.45, 2.75) is 0 Å². The maximum Gasteiger partial charge on any atom is 0.270 e. The van der Waals surface area contributed by atoms with E-state index in [1.165, 1.54) is 55.7 Å². The number of nitriles is 1. The van der Waals surface area contributed by atoms with Crippen LogP contribution in [-0.4, -0.2) is 24.5 Å². The highest BCUT2D eigenvalue weighted by molar-refractivity contribution is 5.93. The molecule has 8 nitrogen and oxygen atoms in total. The Hall–Kier alpha value is -4.71. The van der Waals surface area contributed by atoms with E-state index in [2.05, 4.69) is 5.32 Å². The normalized spacial score (nSPS) is 10.8. The quantitative estimate of drug-likeness (QED) is 0.229. The zero-order chi connectivity index (χ0) is 23.8. The molecular formula is C24H18FN3O5. The first-order chi connectivity index (χ1) is 15.9. The van der Waals surface area contributed by atoms with Crippen molar-refractivity contribution in [2.75, 3.05) is 19.0 Å². The number of carbonyl (C=O) groups is 1. The first-order valence-corrected chi connectivity index (χ1v) is 9.63.